The third-order valence-corrected chi connectivity index (χ3v) is 3.97. The van der Waals surface area contributed by atoms with Gasteiger partial charge in [0.2, 0.25) is 0 Å². The Morgan fingerprint density at radius 1 is 1.00 bits per heavy atom. The van der Waals surface area contributed by atoms with Gasteiger partial charge in [-0.15, -0.1) is 0 Å². The van der Waals surface area contributed by atoms with Crippen LogP contribution in [0.4, 0.5) is 0 Å². The number of hydrogen-bond acceptors (Lipinski definition) is 0. The third kappa shape index (κ3) is 0.972. The topological polar surface area (TPSA) is 0 Å². The van der Waals surface area contributed by atoms with Gasteiger partial charge in [-0.2, -0.15) is 0 Å². The summed E-state index contributed by atoms with van der Waals surface area (Å²) in [7, 11) is 0. The van der Waals surface area contributed by atoms with Crippen molar-refractivity contribution in [1.82, 2.24) is 0 Å². The molecule has 5 atom stereocenters. The van der Waals surface area contributed by atoms with Gasteiger partial charge in [-0.05, 0) is 35.7 Å². The summed E-state index contributed by atoms with van der Waals surface area (Å²) in [5.41, 5.74) is 0. The Morgan fingerprint density at radius 2 is 1.75 bits per heavy atom. The zero-order valence-electron chi connectivity index (χ0n) is 8.12. The monoisotopic (exact) mass is 161 g/mol. The van der Waals surface area contributed by atoms with Crippen molar-refractivity contribution in [2.45, 2.75) is 20.8 Å². The largest absolute Gasteiger partial charge is 0.0805 e. The summed E-state index contributed by atoms with van der Waals surface area (Å²) in [5.74, 6) is 3.96. The van der Waals surface area contributed by atoms with Gasteiger partial charge < -0.3 is 0 Å². The van der Waals surface area contributed by atoms with Gasteiger partial charge in [-0.25, -0.2) is 0 Å². The standard InChI is InChI=1S/C12H17/c1-8-9(2)11-6-4-5-7-12(11)10(8)3/h4-6,8-12H,1-3H3. The maximum Gasteiger partial charge on any atom is -0.00651 e. The molecule has 0 bridgehead atoms. The molecule has 0 nitrogen and oxygen atoms in total. The van der Waals surface area contributed by atoms with Crippen LogP contribution in [-0.4, -0.2) is 0 Å². The lowest BCUT2D eigenvalue weighted by Gasteiger charge is -2.19. The van der Waals surface area contributed by atoms with Crippen molar-refractivity contribution in [3.05, 3.63) is 24.3 Å². The van der Waals surface area contributed by atoms with Crippen molar-refractivity contribution >= 4 is 0 Å². The molecule has 0 spiro atoms. The molecule has 0 N–H and O–H groups in total. The summed E-state index contributed by atoms with van der Waals surface area (Å²) < 4.78 is 0. The molecule has 5 unspecified atom stereocenters. The van der Waals surface area contributed by atoms with Gasteiger partial charge in [0, 0.05) is 0 Å². The van der Waals surface area contributed by atoms with Crippen molar-refractivity contribution < 1.29 is 0 Å². The SMILES string of the molecule is CC1C(C)C2[C]=CC=CC2C1C. The van der Waals surface area contributed by atoms with Gasteiger partial charge in [-0.1, -0.05) is 39.0 Å². The second-order valence-electron chi connectivity index (χ2n) is 4.40. The first-order chi connectivity index (χ1) is 5.72. The Kier molecular flexibility index (Phi) is 1.86. The lowest BCUT2D eigenvalue weighted by atomic mass is 9.85. The van der Waals surface area contributed by atoms with Crippen LogP contribution in [-0.2, 0) is 0 Å². The second-order valence-corrected chi connectivity index (χ2v) is 4.40. The molecule has 65 valence electrons. The Bertz CT molecular complexity index is 200. The second kappa shape index (κ2) is 2.76. The molecule has 1 saturated carbocycles. The van der Waals surface area contributed by atoms with Gasteiger partial charge in [0.25, 0.3) is 0 Å². The lowest BCUT2D eigenvalue weighted by Crippen LogP contribution is -2.13. The minimum absolute atomic E-state index is 0.694. The lowest BCUT2D eigenvalue weighted by molar-refractivity contribution is 0.359. The molecule has 2 aliphatic carbocycles. The summed E-state index contributed by atoms with van der Waals surface area (Å²) in [5, 5.41) is 0. The first-order valence-electron chi connectivity index (χ1n) is 4.98. The fourth-order valence-corrected chi connectivity index (χ4v) is 2.74. The predicted octanol–water partition coefficient (Wildman–Crippen LogP) is 3.07. The predicted molar refractivity (Wildman–Crippen MR) is 51.4 cm³/mol. The number of allylic oxidation sites excluding steroid dienone is 4. The fourth-order valence-electron chi connectivity index (χ4n) is 2.74. The third-order valence-electron chi connectivity index (χ3n) is 3.97. The molecule has 0 amide bonds. The van der Waals surface area contributed by atoms with Gasteiger partial charge in [-0.3, -0.25) is 0 Å². The van der Waals surface area contributed by atoms with E-state index in [0.29, 0.717) is 5.92 Å². The minimum atomic E-state index is 0.694. The Hall–Kier alpha value is -0.520. The van der Waals surface area contributed by atoms with Crippen LogP contribution < -0.4 is 0 Å². The number of hydrogen-bond donors (Lipinski definition) is 0. The average Bonchev–Trinajstić information content (AvgIpc) is 2.33. The van der Waals surface area contributed by atoms with Crippen LogP contribution in [0.1, 0.15) is 20.8 Å². The van der Waals surface area contributed by atoms with Crippen molar-refractivity contribution in [3.63, 3.8) is 0 Å². The van der Waals surface area contributed by atoms with Crippen LogP contribution in [0.3, 0.4) is 0 Å². The van der Waals surface area contributed by atoms with E-state index >= 15 is 0 Å². The van der Waals surface area contributed by atoms with E-state index in [1.807, 2.05) is 0 Å². The van der Waals surface area contributed by atoms with E-state index in [1.165, 1.54) is 0 Å². The van der Waals surface area contributed by atoms with E-state index in [1.54, 1.807) is 0 Å². The van der Waals surface area contributed by atoms with Gasteiger partial charge >= 0.3 is 0 Å². The molecular formula is C12H17. The highest BCUT2D eigenvalue weighted by molar-refractivity contribution is 5.15. The van der Waals surface area contributed by atoms with Crippen LogP contribution in [0.2, 0.25) is 0 Å². The van der Waals surface area contributed by atoms with Crippen LogP contribution in [0.5, 0.6) is 0 Å². The first-order valence-corrected chi connectivity index (χ1v) is 4.98. The summed E-state index contributed by atoms with van der Waals surface area (Å²) in [4.78, 5) is 0. The summed E-state index contributed by atoms with van der Waals surface area (Å²) >= 11 is 0. The zero-order valence-corrected chi connectivity index (χ0v) is 8.12. The van der Waals surface area contributed by atoms with Gasteiger partial charge in [0.15, 0.2) is 0 Å². The van der Waals surface area contributed by atoms with E-state index < -0.39 is 0 Å². The van der Waals surface area contributed by atoms with Crippen LogP contribution in [0.25, 0.3) is 0 Å². The smallest absolute Gasteiger partial charge is 0.00651 e. The van der Waals surface area contributed by atoms with E-state index in [2.05, 4.69) is 45.1 Å². The highest BCUT2D eigenvalue weighted by Gasteiger charge is 2.41. The maximum absolute atomic E-state index is 3.48. The van der Waals surface area contributed by atoms with Crippen LogP contribution >= 0.6 is 0 Å². The van der Waals surface area contributed by atoms with Crippen LogP contribution in [0, 0.1) is 35.7 Å². The fraction of sp³-hybridized carbons (Fsp3) is 0.667. The van der Waals surface area contributed by atoms with Crippen molar-refractivity contribution in [3.8, 4) is 0 Å². The molecule has 0 aromatic carbocycles. The molecule has 0 aromatic heterocycles. The van der Waals surface area contributed by atoms with Gasteiger partial charge in [0.05, 0.1) is 0 Å². The summed E-state index contributed by atoms with van der Waals surface area (Å²) in [6, 6.07) is 0. The summed E-state index contributed by atoms with van der Waals surface area (Å²) in [6.07, 6.45) is 10.1. The van der Waals surface area contributed by atoms with E-state index in [-0.39, 0.29) is 0 Å². The molecule has 2 rings (SSSR count). The molecule has 2 aliphatic rings. The van der Waals surface area contributed by atoms with Crippen molar-refractivity contribution in [1.29, 1.82) is 0 Å². The maximum atomic E-state index is 3.48. The van der Waals surface area contributed by atoms with E-state index in [0.717, 1.165) is 23.7 Å². The van der Waals surface area contributed by atoms with Crippen molar-refractivity contribution in [2.75, 3.05) is 0 Å². The highest BCUT2D eigenvalue weighted by Crippen LogP contribution is 2.47. The minimum Gasteiger partial charge on any atom is -0.0805 e. The van der Waals surface area contributed by atoms with Crippen LogP contribution in [0.15, 0.2) is 18.2 Å². The molecule has 1 radical (unpaired) electrons. The first kappa shape index (κ1) is 8.10. The Balaban J connectivity index is 2.27. The van der Waals surface area contributed by atoms with E-state index in [9.17, 15) is 0 Å². The average molecular weight is 161 g/mol. The number of rotatable bonds is 0. The molecule has 12 heavy (non-hydrogen) atoms. The molecule has 0 heterocycles. The molecular weight excluding hydrogens is 144 g/mol. The quantitative estimate of drug-likeness (QED) is 0.512. The van der Waals surface area contributed by atoms with Gasteiger partial charge in [0.1, 0.15) is 0 Å². The van der Waals surface area contributed by atoms with Crippen molar-refractivity contribution in [2.24, 2.45) is 29.6 Å². The van der Waals surface area contributed by atoms with E-state index in [4.69, 9.17) is 0 Å². The summed E-state index contributed by atoms with van der Waals surface area (Å²) in [6.45, 7) is 7.12. The number of fused-ring (bicyclic) bond motifs is 1. The molecule has 0 aliphatic heterocycles. The Labute approximate surface area is 75.4 Å². The molecule has 1 fully saturated rings. The molecule has 0 heteroatoms. The normalized spacial score (nSPS) is 51.1. The molecule has 0 aromatic rings. The zero-order chi connectivity index (χ0) is 8.72. The highest BCUT2D eigenvalue weighted by atomic mass is 14.5. The molecule has 0 saturated heterocycles. The Morgan fingerprint density at radius 3 is 2.42 bits per heavy atom.